The normalized spacial score (nSPS) is 17.7. The van der Waals surface area contributed by atoms with Crippen LogP contribution in [0, 0.1) is 5.41 Å². The Bertz CT molecular complexity index is 275. The summed E-state index contributed by atoms with van der Waals surface area (Å²) in [6, 6.07) is 0. The topological polar surface area (TPSA) is 47.9 Å². The molecule has 23 heavy (non-hydrogen) atoms. The van der Waals surface area contributed by atoms with Crippen LogP contribution in [0.1, 0.15) is 74.1 Å². The second-order valence-corrected chi connectivity index (χ2v) is 7.77. The quantitative estimate of drug-likeness (QED) is 0.514. The minimum Gasteiger partial charge on any atom is -0.394 e. The molecule has 0 rings (SSSR count). The van der Waals surface area contributed by atoms with Gasteiger partial charge in [0.25, 0.3) is 0 Å². The maximum Gasteiger partial charge on any atom is 0.0784 e. The number of aliphatic hydroxyl groups excluding tert-OH is 1. The SMILES string of the molecule is CCCCCC(OC(C)COC(C)COC(C)CO)C(C)(C)C. The predicted octanol–water partition coefficient (Wildman–Crippen LogP) is 4.19. The lowest BCUT2D eigenvalue weighted by molar-refractivity contribution is -0.113. The van der Waals surface area contributed by atoms with Gasteiger partial charge in [-0.3, -0.25) is 0 Å². The van der Waals surface area contributed by atoms with Gasteiger partial charge < -0.3 is 19.3 Å². The van der Waals surface area contributed by atoms with Gasteiger partial charge in [0, 0.05) is 0 Å². The summed E-state index contributed by atoms with van der Waals surface area (Å²) in [6.45, 7) is 16.0. The molecule has 4 nitrogen and oxygen atoms in total. The van der Waals surface area contributed by atoms with Crippen LogP contribution < -0.4 is 0 Å². The predicted molar refractivity (Wildman–Crippen MR) is 95.8 cm³/mol. The summed E-state index contributed by atoms with van der Waals surface area (Å²) in [4.78, 5) is 0. The fraction of sp³-hybridized carbons (Fsp3) is 1.00. The lowest BCUT2D eigenvalue weighted by Gasteiger charge is -2.33. The number of rotatable bonds is 13. The van der Waals surface area contributed by atoms with Crippen molar-refractivity contribution in [2.75, 3.05) is 19.8 Å². The highest BCUT2D eigenvalue weighted by Crippen LogP contribution is 2.28. The van der Waals surface area contributed by atoms with E-state index in [2.05, 4.69) is 34.6 Å². The molecule has 0 bridgehead atoms. The Labute approximate surface area is 143 Å². The van der Waals surface area contributed by atoms with Crippen molar-refractivity contribution in [2.45, 2.75) is 98.6 Å². The summed E-state index contributed by atoms with van der Waals surface area (Å²) >= 11 is 0. The average Bonchev–Trinajstić information content (AvgIpc) is 2.48. The van der Waals surface area contributed by atoms with Crippen LogP contribution in [0.3, 0.4) is 0 Å². The molecule has 140 valence electrons. The Kier molecular flexibility index (Phi) is 12.2. The van der Waals surface area contributed by atoms with E-state index in [1.54, 1.807) is 0 Å². The lowest BCUT2D eigenvalue weighted by Crippen LogP contribution is -2.35. The Morgan fingerprint density at radius 3 is 1.96 bits per heavy atom. The second-order valence-electron chi connectivity index (χ2n) is 7.77. The molecule has 1 N–H and O–H groups in total. The molecule has 0 fully saturated rings. The fourth-order valence-electron chi connectivity index (χ4n) is 2.30. The van der Waals surface area contributed by atoms with Gasteiger partial charge in [-0.2, -0.15) is 0 Å². The molecular weight excluding hydrogens is 292 g/mol. The second kappa shape index (κ2) is 12.2. The van der Waals surface area contributed by atoms with Crippen LogP contribution >= 0.6 is 0 Å². The van der Waals surface area contributed by atoms with Crippen molar-refractivity contribution < 1.29 is 19.3 Å². The van der Waals surface area contributed by atoms with E-state index in [0.717, 1.165) is 6.42 Å². The minimum absolute atomic E-state index is 0.00299. The summed E-state index contributed by atoms with van der Waals surface area (Å²) in [6.07, 6.45) is 5.01. The van der Waals surface area contributed by atoms with Gasteiger partial charge in [0.05, 0.1) is 44.2 Å². The van der Waals surface area contributed by atoms with Gasteiger partial charge in [-0.25, -0.2) is 0 Å². The molecule has 0 aliphatic rings. The van der Waals surface area contributed by atoms with Crippen molar-refractivity contribution >= 4 is 0 Å². The molecule has 4 heteroatoms. The number of aliphatic hydroxyl groups is 1. The van der Waals surface area contributed by atoms with Gasteiger partial charge in [-0.1, -0.05) is 47.0 Å². The van der Waals surface area contributed by atoms with Crippen molar-refractivity contribution in [3.8, 4) is 0 Å². The van der Waals surface area contributed by atoms with E-state index in [-0.39, 0.29) is 36.4 Å². The maximum absolute atomic E-state index is 8.94. The van der Waals surface area contributed by atoms with Crippen molar-refractivity contribution in [1.82, 2.24) is 0 Å². The molecule has 0 aromatic carbocycles. The van der Waals surface area contributed by atoms with Crippen molar-refractivity contribution in [2.24, 2.45) is 5.41 Å². The first-order chi connectivity index (χ1) is 10.7. The highest BCUT2D eigenvalue weighted by Gasteiger charge is 2.26. The smallest absolute Gasteiger partial charge is 0.0784 e. The molecule has 0 aromatic heterocycles. The van der Waals surface area contributed by atoms with Crippen molar-refractivity contribution in [3.05, 3.63) is 0 Å². The van der Waals surface area contributed by atoms with Gasteiger partial charge in [-0.05, 0) is 32.6 Å². The Hall–Kier alpha value is -0.160. The highest BCUT2D eigenvalue weighted by atomic mass is 16.6. The van der Waals surface area contributed by atoms with Gasteiger partial charge in [0.1, 0.15) is 0 Å². The van der Waals surface area contributed by atoms with E-state index < -0.39 is 0 Å². The van der Waals surface area contributed by atoms with E-state index in [4.69, 9.17) is 19.3 Å². The molecule has 0 amide bonds. The zero-order chi connectivity index (χ0) is 17.9. The molecule has 4 atom stereocenters. The highest BCUT2D eigenvalue weighted by molar-refractivity contribution is 4.76. The van der Waals surface area contributed by atoms with E-state index in [1.807, 2.05) is 13.8 Å². The Morgan fingerprint density at radius 2 is 1.43 bits per heavy atom. The fourth-order valence-corrected chi connectivity index (χ4v) is 2.30. The van der Waals surface area contributed by atoms with Crippen LogP contribution in [-0.4, -0.2) is 49.3 Å². The van der Waals surface area contributed by atoms with Crippen molar-refractivity contribution in [1.29, 1.82) is 0 Å². The molecular formula is C19H40O4. The Balaban J connectivity index is 4.13. The summed E-state index contributed by atoms with van der Waals surface area (Å²) in [7, 11) is 0. The van der Waals surface area contributed by atoms with Crippen LogP contribution in [0.5, 0.6) is 0 Å². The third kappa shape index (κ3) is 11.9. The summed E-state index contributed by atoms with van der Waals surface area (Å²) in [5, 5.41) is 8.94. The first-order valence-corrected chi connectivity index (χ1v) is 9.20. The van der Waals surface area contributed by atoms with Crippen LogP contribution in [0.4, 0.5) is 0 Å². The summed E-state index contributed by atoms with van der Waals surface area (Å²) in [5.41, 5.74) is 0.146. The number of hydrogen-bond donors (Lipinski definition) is 1. The van der Waals surface area contributed by atoms with Crippen LogP contribution in [-0.2, 0) is 14.2 Å². The number of unbranched alkanes of at least 4 members (excludes halogenated alkanes) is 2. The van der Waals surface area contributed by atoms with Gasteiger partial charge in [0.2, 0.25) is 0 Å². The van der Waals surface area contributed by atoms with E-state index in [0.29, 0.717) is 13.2 Å². The summed E-state index contributed by atoms with van der Waals surface area (Å²) in [5.74, 6) is 0. The molecule has 0 heterocycles. The molecule has 0 radical (unpaired) electrons. The van der Waals surface area contributed by atoms with Crippen LogP contribution in [0.2, 0.25) is 0 Å². The average molecular weight is 333 g/mol. The van der Waals surface area contributed by atoms with Gasteiger partial charge in [0.15, 0.2) is 0 Å². The Morgan fingerprint density at radius 1 is 0.870 bits per heavy atom. The summed E-state index contributed by atoms with van der Waals surface area (Å²) < 4.78 is 17.5. The lowest BCUT2D eigenvalue weighted by atomic mass is 9.85. The standard InChI is InChI=1S/C19H40O4/c1-8-9-10-11-18(19(5,6)7)23-17(4)14-22-16(3)13-21-15(2)12-20/h15-18,20H,8-14H2,1-7H3. The van der Waals surface area contributed by atoms with E-state index >= 15 is 0 Å². The third-order valence-corrected chi connectivity index (χ3v) is 3.92. The van der Waals surface area contributed by atoms with Crippen LogP contribution in [0.25, 0.3) is 0 Å². The number of ether oxygens (including phenoxy) is 3. The van der Waals surface area contributed by atoms with Crippen LogP contribution in [0.15, 0.2) is 0 Å². The zero-order valence-corrected chi connectivity index (χ0v) is 16.4. The van der Waals surface area contributed by atoms with Crippen molar-refractivity contribution in [3.63, 3.8) is 0 Å². The molecule has 0 saturated heterocycles. The van der Waals surface area contributed by atoms with E-state index in [9.17, 15) is 0 Å². The molecule has 0 spiro atoms. The number of hydrogen-bond acceptors (Lipinski definition) is 4. The molecule has 0 aromatic rings. The van der Waals surface area contributed by atoms with Gasteiger partial charge in [-0.15, -0.1) is 0 Å². The minimum atomic E-state index is -0.140. The maximum atomic E-state index is 8.94. The molecule has 0 aliphatic heterocycles. The zero-order valence-electron chi connectivity index (χ0n) is 16.4. The first kappa shape index (κ1) is 22.8. The largest absolute Gasteiger partial charge is 0.394 e. The third-order valence-electron chi connectivity index (χ3n) is 3.92. The first-order valence-electron chi connectivity index (χ1n) is 9.20. The molecule has 4 unspecified atom stereocenters. The molecule has 0 aliphatic carbocycles. The van der Waals surface area contributed by atoms with Gasteiger partial charge >= 0.3 is 0 Å². The monoisotopic (exact) mass is 332 g/mol. The van der Waals surface area contributed by atoms with E-state index in [1.165, 1.54) is 19.3 Å². The molecule has 0 saturated carbocycles.